The molecule has 0 aliphatic carbocycles. The molecule has 0 aliphatic heterocycles. The summed E-state index contributed by atoms with van der Waals surface area (Å²) in [6.45, 7) is 3.80. The summed E-state index contributed by atoms with van der Waals surface area (Å²) in [5.74, 6) is 0. The van der Waals surface area contributed by atoms with Gasteiger partial charge in [-0.25, -0.2) is 8.42 Å². The SMILES string of the molecule is CC(C)N(CCC#N)S(=O)(=O)c1cccc2ncccc12. The Hall–Kier alpha value is -1.97. The maximum absolute atomic E-state index is 12.9. The molecule has 1 aromatic heterocycles. The fraction of sp³-hybridized carbons (Fsp3) is 0.333. The molecule has 0 amide bonds. The molecule has 110 valence electrons. The number of hydrogen-bond acceptors (Lipinski definition) is 4. The summed E-state index contributed by atoms with van der Waals surface area (Å²) in [7, 11) is -3.66. The van der Waals surface area contributed by atoms with Gasteiger partial charge in [-0.05, 0) is 38.1 Å². The van der Waals surface area contributed by atoms with E-state index in [9.17, 15) is 8.42 Å². The molecule has 0 spiro atoms. The molecule has 0 bridgehead atoms. The first kappa shape index (κ1) is 15.4. The topological polar surface area (TPSA) is 74.1 Å². The van der Waals surface area contributed by atoms with Crippen molar-refractivity contribution in [2.45, 2.75) is 31.2 Å². The van der Waals surface area contributed by atoms with Crippen LogP contribution in [0.1, 0.15) is 20.3 Å². The molecule has 0 aliphatic rings. The van der Waals surface area contributed by atoms with Crippen LogP contribution in [0.15, 0.2) is 41.4 Å². The lowest BCUT2D eigenvalue weighted by molar-refractivity contribution is 0.361. The first-order valence-corrected chi connectivity index (χ1v) is 8.15. The molecule has 0 saturated heterocycles. The molecule has 5 nitrogen and oxygen atoms in total. The zero-order chi connectivity index (χ0) is 15.5. The number of pyridine rings is 1. The molecule has 1 heterocycles. The average Bonchev–Trinajstić information content (AvgIpc) is 2.46. The van der Waals surface area contributed by atoms with Crippen LogP contribution in [0, 0.1) is 11.3 Å². The second kappa shape index (κ2) is 6.20. The highest BCUT2D eigenvalue weighted by atomic mass is 32.2. The van der Waals surface area contributed by atoms with Crippen LogP contribution in [0.3, 0.4) is 0 Å². The van der Waals surface area contributed by atoms with Gasteiger partial charge in [-0.2, -0.15) is 9.57 Å². The molecular formula is C15H17N3O2S. The van der Waals surface area contributed by atoms with Gasteiger partial charge in [0.15, 0.2) is 0 Å². The van der Waals surface area contributed by atoms with E-state index < -0.39 is 10.0 Å². The maximum Gasteiger partial charge on any atom is 0.244 e. The van der Waals surface area contributed by atoms with Gasteiger partial charge < -0.3 is 0 Å². The van der Waals surface area contributed by atoms with E-state index in [1.807, 2.05) is 6.07 Å². The minimum absolute atomic E-state index is 0.167. The second-order valence-electron chi connectivity index (χ2n) is 4.94. The van der Waals surface area contributed by atoms with E-state index in [0.29, 0.717) is 10.9 Å². The Morgan fingerprint density at radius 3 is 2.71 bits per heavy atom. The third-order valence-electron chi connectivity index (χ3n) is 3.21. The van der Waals surface area contributed by atoms with Crippen molar-refractivity contribution in [2.24, 2.45) is 0 Å². The molecule has 0 atom stereocenters. The molecule has 0 unspecified atom stereocenters. The molecular weight excluding hydrogens is 286 g/mol. The van der Waals surface area contributed by atoms with Crippen LogP contribution < -0.4 is 0 Å². The van der Waals surface area contributed by atoms with E-state index in [4.69, 9.17) is 5.26 Å². The lowest BCUT2D eigenvalue weighted by atomic mass is 10.2. The fourth-order valence-electron chi connectivity index (χ4n) is 2.24. The Morgan fingerprint density at radius 1 is 1.29 bits per heavy atom. The van der Waals surface area contributed by atoms with Crippen LogP contribution in [-0.4, -0.2) is 30.3 Å². The first-order valence-electron chi connectivity index (χ1n) is 6.71. The van der Waals surface area contributed by atoms with E-state index in [-0.39, 0.29) is 23.9 Å². The average molecular weight is 303 g/mol. The summed E-state index contributed by atoms with van der Waals surface area (Å²) >= 11 is 0. The van der Waals surface area contributed by atoms with Crippen LogP contribution in [0.25, 0.3) is 10.9 Å². The number of benzene rings is 1. The van der Waals surface area contributed by atoms with Crippen molar-refractivity contribution in [3.63, 3.8) is 0 Å². The van der Waals surface area contributed by atoms with E-state index in [1.165, 1.54) is 4.31 Å². The monoisotopic (exact) mass is 303 g/mol. The summed E-state index contributed by atoms with van der Waals surface area (Å²) in [6.07, 6.45) is 1.80. The summed E-state index contributed by atoms with van der Waals surface area (Å²) in [5.41, 5.74) is 0.641. The zero-order valence-corrected chi connectivity index (χ0v) is 12.8. The molecule has 2 rings (SSSR count). The predicted molar refractivity (Wildman–Crippen MR) is 81.0 cm³/mol. The molecule has 1 aromatic carbocycles. The molecule has 6 heteroatoms. The van der Waals surface area contributed by atoms with Gasteiger partial charge in [0.25, 0.3) is 0 Å². The van der Waals surface area contributed by atoms with Crippen LogP contribution in [0.5, 0.6) is 0 Å². The van der Waals surface area contributed by atoms with Crippen LogP contribution in [0.2, 0.25) is 0 Å². The second-order valence-corrected chi connectivity index (χ2v) is 6.80. The summed E-state index contributed by atoms with van der Waals surface area (Å²) < 4.78 is 27.1. The lowest BCUT2D eigenvalue weighted by Crippen LogP contribution is -2.37. The highest BCUT2D eigenvalue weighted by Gasteiger charge is 2.28. The Morgan fingerprint density at radius 2 is 2.05 bits per heavy atom. The smallest absolute Gasteiger partial charge is 0.244 e. The van der Waals surface area contributed by atoms with Crippen molar-refractivity contribution in [3.05, 3.63) is 36.5 Å². The number of nitrogens with zero attached hydrogens (tertiary/aromatic N) is 3. The number of rotatable bonds is 5. The van der Waals surface area contributed by atoms with Crippen molar-refractivity contribution < 1.29 is 8.42 Å². The highest BCUT2D eigenvalue weighted by molar-refractivity contribution is 7.89. The number of aromatic nitrogens is 1. The van der Waals surface area contributed by atoms with Gasteiger partial charge in [0.2, 0.25) is 10.0 Å². The van der Waals surface area contributed by atoms with E-state index >= 15 is 0 Å². The Labute approximate surface area is 124 Å². The predicted octanol–water partition coefficient (Wildman–Crippen LogP) is 2.55. The zero-order valence-electron chi connectivity index (χ0n) is 12.0. The van der Waals surface area contributed by atoms with Gasteiger partial charge in [0, 0.05) is 30.6 Å². The molecule has 0 N–H and O–H groups in total. The lowest BCUT2D eigenvalue weighted by Gasteiger charge is -2.25. The van der Waals surface area contributed by atoms with Gasteiger partial charge in [0.1, 0.15) is 0 Å². The van der Waals surface area contributed by atoms with Crippen LogP contribution >= 0.6 is 0 Å². The van der Waals surface area contributed by atoms with Gasteiger partial charge >= 0.3 is 0 Å². The van der Waals surface area contributed by atoms with E-state index in [2.05, 4.69) is 4.98 Å². The minimum Gasteiger partial charge on any atom is -0.256 e. The summed E-state index contributed by atoms with van der Waals surface area (Å²) in [5, 5.41) is 9.32. The van der Waals surface area contributed by atoms with E-state index in [0.717, 1.165) is 0 Å². The Balaban J connectivity index is 2.57. The molecule has 21 heavy (non-hydrogen) atoms. The maximum atomic E-state index is 12.9. The number of hydrogen-bond donors (Lipinski definition) is 0. The Bertz CT molecular complexity index is 774. The summed E-state index contributed by atoms with van der Waals surface area (Å²) in [4.78, 5) is 4.42. The normalized spacial score (nSPS) is 12.0. The molecule has 0 radical (unpaired) electrons. The van der Waals surface area contributed by atoms with Gasteiger partial charge in [-0.1, -0.05) is 6.07 Å². The number of fused-ring (bicyclic) bond motifs is 1. The van der Waals surface area contributed by atoms with E-state index in [1.54, 1.807) is 50.4 Å². The van der Waals surface area contributed by atoms with Gasteiger partial charge in [0.05, 0.1) is 16.5 Å². The largest absolute Gasteiger partial charge is 0.256 e. The van der Waals surface area contributed by atoms with Gasteiger partial charge in [-0.3, -0.25) is 4.98 Å². The quantitative estimate of drug-likeness (QED) is 0.850. The standard InChI is InChI=1S/C15H17N3O2S/c1-12(2)18(11-5-9-16)21(19,20)15-8-3-7-14-13(15)6-4-10-17-14/h3-4,6-8,10,12H,5,11H2,1-2H3. The number of nitriles is 1. The third-order valence-corrected chi connectivity index (χ3v) is 5.35. The minimum atomic E-state index is -3.66. The first-order chi connectivity index (χ1) is 9.98. The van der Waals surface area contributed by atoms with Crippen LogP contribution in [-0.2, 0) is 10.0 Å². The molecule has 0 fully saturated rings. The van der Waals surface area contributed by atoms with Crippen molar-refractivity contribution >= 4 is 20.9 Å². The van der Waals surface area contributed by atoms with Crippen molar-refractivity contribution in [1.82, 2.24) is 9.29 Å². The Kier molecular flexibility index (Phi) is 4.56. The fourth-order valence-corrected chi connectivity index (χ4v) is 4.08. The third kappa shape index (κ3) is 3.04. The number of sulfonamides is 1. The van der Waals surface area contributed by atoms with Gasteiger partial charge in [-0.15, -0.1) is 0 Å². The van der Waals surface area contributed by atoms with Crippen molar-refractivity contribution in [1.29, 1.82) is 5.26 Å². The van der Waals surface area contributed by atoms with Crippen molar-refractivity contribution in [2.75, 3.05) is 6.54 Å². The highest BCUT2D eigenvalue weighted by Crippen LogP contribution is 2.25. The van der Waals surface area contributed by atoms with Crippen LogP contribution in [0.4, 0.5) is 0 Å². The summed E-state index contributed by atoms with van der Waals surface area (Å²) in [6, 6.07) is 10.3. The molecule has 2 aromatic rings. The molecule has 0 saturated carbocycles. The van der Waals surface area contributed by atoms with Crippen molar-refractivity contribution in [3.8, 4) is 6.07 Å².